The van der Waals surface area contributed by atoms with Crippen LogP contribution in [0.25, 0.3) is 39.0 Å². The normalized spacial score (nSPS) is 11.5. The molecule has 3 nitrogen and oxygen atoms in total. The molecule has 0 radical (unpaired) electrons. The summed E-state index contributed by atoms with van der Waals surface area (Å²) in [5.74, 6) is 0.273. The fourth-order valence-electron chi connectivity index (χ4n) is 3.17. The summed E-state index contributed by atoms with van der Waals surface area (Å²) < 4.78 is 16.4. The highest BCUT2D eigenvalue weighted by Gasteiger charge is 2.16. The quantitative estimate of drug-likeness (QED) is 0.443. The van der Waals surface area contributed by atoms with E-state index in [-0.39, 0.29) is 5.82 Å². The molecule has 0 bridgehead atoms. The van der Waals surface area contributed by atoms with Crippen LogP contribution < -0.4 is 0 Å². The molecule has 3 aromatic carbocycles. The van der Waals surface area contributed by atoms with Gasteiger partial charge in [-0.05, 0) is 36.4 Å². The monoisotopic (exact) mass is 313 g/mol. The molecule has 5 rings (SSSR count). The van der Waals surface area contributed by atoms with Crippen LogP contribution in [0.4, 0.5) is 4.39 Å². The second kappa shape index (κ2) is 4.86. The molecule has 2 aromatic heterocycles. The van der Waals surface area contributed by atoms with Gasteiger partial charge in [0.2, 0.25) is 0 Å². The molecule has 0 spiro atoms. The first kappa shape index (κ1) is 13.2. The van der Waals surface area contributed by atoms with Gasteiger partial charge >= 0.3 is 0 Å². The minimum Gasteiger partial charge on any atom is -0.276 e. The number of hydrogen-bond donors (Lipinski definition) is 0. The van der Waals surface area contributed by atoms with Crippen LogP contribution in [-0.4, -0.2) is 14.4 Å². The van der Waals surface area contributed by atoms with Crippen molar-refractivity contribution in [3.8, 4) is 11.4 Å². The molecule has 0 aliphatic rings. The third-order valence-electron chi connectivity index (χ3n) is 4.26. The summed E-state index contributed by atoms with van der Waals surface area (Å²) in [5, 5.41) is 0.953. The number of imidazole rings is 1. The molecule has 5 aromatic rings. The van der Waals surface area contributed by atoms with Crippen molar-refractivity contribution >= 4 is 27.6 Å². The second-order valence-corrected chi connectivity index (χ2v) is 5.69. The molecule has 0 N–H and O–H groups in total. The fourth-order valence-corrected chi connectivity index (χ4v) is 3.17. The highest BCUT2D eigenvalue weighted by atomic mass is 19.1. The first-order valence-corrected chi connectivity index (χ1v) is 7.74. The maximum absolute atomic E-state index is 14.4. The van der Waals surface area contributed by atoms with Gasteiger partial charge < -0.3 is 0 Å². The van der Waals surface area contributed by atoms with Gasteiger partial charge in [0.15, 0.2) is 0 Å². The molecule has 24 heavy (non-hydrogen) atoms. The highest BCUT2D eigenvalue weighted by molar-refractivity contribution is 5.98. The highest BCUT2D eigenvalue weighted by Crippen LogP contribution is 2.30. The van der Waals surface area contributed by atoms with Crippen LogP contribution in [0.1, 0.15) is 0 Å². The zero-order valence-corrected chi connectivity index (χ0v) is 12.6. The van der Waals surface area contributed by atoms with Crippen LogP contribution in [0.5, 0.6) is 0 Å². The van der Waals surface area contributed by atoms with Crippen LogP contribution in [0, 0.1) is 5.82 Å². The molecule has 0 unspecified atom stereocenters. The lowest BCUT2D eigenvalue weighted by Crippen LogP contribution is -1.99. The van der Waals surface area contributed by atoms with E-state index in [9.17, 15) is 4.39 Å². The lowest BCUT2D eigenvalue weighted by molar-refractivity contribution is 0.630. The lowest BCUT2D eigenvalue weighted by atomic mass is 10.1. The molecule has 0 amide bonds. The third kappa shape index (κ3) is 1.77. The molecule has 0 atom stereocenters. The van der Waals surface area contributed by atoms with Crippen LogP contribution in [0.15, 0.2) is 72.8 Å². The van der Waals surface area contributed by atoms with E-state index in [2.05, 4.69) is 0 Å². The molecular weight excluding hydrogens is 301 g/mol. The maximum Gasteiger partial charge on any atom is 0.149 e. The van der Waals surface area contributed by atoms with Gasteiger partial charge in [-0.3, -0.25) is 4.40 Å². The van der Waals surface area contributed by atoms with Crippen LogP contribution in [0.3, 0.4) is 0 Å². The van der Waals surface area contributed by atoms with E-state index >= 15 is 0 Å². The SMILES string of the molecule is Fc1ccccc1-c1nc2ccccc2c2nc3ccccc3n12. The van der Waals surface area contributed by atoms with Gasteiger partial charge in [0.05, 0.1) is 22.1 Å². The predicted molar refractivity (Wildman–Crippen MR) is 93.4 cm³/mol. The van der Waals surface area contributed by atoms with E-state index in [4.69, 9.17) is 9.97 Å². The minimum atomic E-state index is -0.292. The smallest absolute Gasteiger partial charge is 0.149 e. The Kier molecular flexibility index (Phi) is 2.67. The molecule has 0 aliphatic heterocycles. The summed E-state index contributed by atoms with van der Waals surface area (Å²) in [7, 11) is 0. The average molecular weight is 313 g/mol. The standard InChI is InChI=1S/C20H12FN3/c21-15-9-3-1-7-13(15)19-22-16-10-4-2-8-14(16)20-23-17-11-5-6-12-18(17)24(19)20/h1-12H. The van der Waals surface area contributed by atoms with E-state index in [1.807, 2.05) is 59.0 Å². The molecule has 0 saturated carbocycles. The first-order chi connectivity index (χ1) is 11.8. The predicted octanol–water partition coefficient (Wildman–Crippen LogP) is 4.84. The molecule has 114 valence electrons. The van der Waals surface area contributed by atoms with Gasteiger partial charge in [-0.15, -0.1) is 0 Å². The van der Waals surface area contributed by atoms with Crippen molar-refractivity contribution in [1.82, 2.24) is 14.4 Å². The zero-order chi connectivity index (χ0) is 16.1. The van der Waals surface area contributed by atoms with Crippen molar-refractivity contribution in [3.05, 3.63) is 78.6 Å². The molecule has 4 heteroatoms. The second-order valence-electron chi connectivity index (χ2n) is 5.69. The van der Waals surface area contributed by atoms with Crippen molar-refractivity contribution in [1.29, 1.82) is 0 Å². The zero-order valence-electron chi connectivity index (χ0n) is 12.6. The van der Waals surface area contributed by atoms with Gasteiger partial charge in [0.1, 0.15) is 17.3 Å². The van der Waals surface area contributed by atoms with Crippen LogP contribution in [0.2, 0.25) is 0 Å². The van der Waals surface area contributed by atoms with Gasteiger partial charge in [-0.2, -0.15) is 0 Å². The molecule has 0 aliphatic carbocycles. The largest absolute Gasteiger partial charge is 0.276 e. The Balaban J connectivity index is 2.06. The number of fused-ring (bicyclic) bond motifs is 5. The Hall–Kier alpha value is -3.27. The summed E-state index contributed by atoms with van der Waals surface area (Å²) in [6, 6.07) is 22.4. The summed E-state index contributed by atoms with van der Waals surface area (Å²) >= 11 is 0. The minimum absolute atomic E-state index is 0.292. The van der Waals surface area contributed by atoms with Gasteiger partial charge in [0.25, 0.3) is 0 Å². The van der Waals surface area contributed by atoms with Gasteiger partial charge in [0, 0.05) is 5.39 Å². The van der Waals surface area contributed by atoms with Gasteiger partial charge in [-0.1, -0.05) is 36.4 Å². The number of hydrogen-bond acceptors (Lipinski definition) is 2. The summed E-state index contributed by atoms with van der Waals surface area (Å²) in [4.78, 5) is 9.50. The topological polar surface area (TPSA) is 30.2 Å². The van der Waals surface area contributed by atoms with E-state index in [0.29, 0.717) is 11.4 Å². The van der Waals surface area contributed by atoms with Crippen LogP contribution in [-0.2, 0) is 0 Å². The Morgan fingerprint density at radius 2 is 1.42 bits per heavy atom. The number of aromatic nitrogens is 3. The maximum atomic E-state index is 14.4. The van der Waals surface area contributed by atoms with Crippen molar-refractivity contribution in [2.45, 2.75) is 0 Å². The van der Waals surface area contributed by atoms with Crippen molar-refractivity contribution in [3.63, 3.8) is 0 Å². The number of halogens is 1. The number of nitrogens with zero attached hydrogens (tertiary/aromatic N) is 3. The van der Waals surface area contributed by atoms with Crippen molar-refractivity contribution in [2.24, 2.45) is 0 Å². The number of para-hydroxylation sites is 3. The van der Waals surface area contributed by atoms with E-state index in [0.717, 1.165) is 27.6 Å². The lowest BCUT2D eigenvalue weighted by Gasteiger charge is -2.09. The Morgan fingerprint density at radius 1 is 0.708 bits per heavy atom. The summed E-state index contributed by atoms with van der Waals surface area (Å²) in [5.41, 5.74) is 3.85. The van der Waals surface area contributed by atoms with E-state index in [1.165, 1.54) is 6.07 Å². The fraction of sp³-hybridized carbons (Fsp3) is 0. The Bertz CT molecular complexity index is 1220. The van der Waals surface area contributed by atoms with Crippen LogP contribution >= 0.6 is 0 Å². The number of benzene rings is 3. The third-order valence-corrected chi connectivity index (χ3v) is 4.26. The summed E-state index contributed by atoms with van der Waals surface area (Å²) in [6.45, 7) is 0. The molecule has 0 fully saturated rings. The molecule has 0 saturated heterocycles. The molecular formula is C20H12FN3. The van der Waals surface area contributed by atoms with Gasteiger partial charge in [-0.25, -0.2) is 14.4 Å². The number of rotatable bonds is 1. The van der Waals surface area contributed by atoms with Crippen molar-refractivity contribution < 1.29 is 4.39 Å². The van der Waals surface area contributed by atoms with Crippen molar-refractivity contribution in [2.75, 3.05) is 0 Å². The molecule has 2 heterocycles. The Labute approximate surface area is 137 Å². The first-order valence-electron chi connectivity index (χ1n) is 7.74. The Morgan fingerprint density at radius 3 is 2.29 bits per heavy atom. The van der Waals surface area contributed by atoms with E-state index < -0.39 is 0 Å². The summed E-state index contributed by atoms with van der Waals surface area (Å²) in [6.07, 6.45) is 0. The van der Waals surface area contributed by atoms with E-state index in [1.54, 1.807) is 12.1 Å². The average Bonchev–Trinajstić information content (AvgIpc) is 3.01.